The smallest absolute Gasteiger partial charge is 0.261 e. The molecule has 0 amide bonds. The average Bonchev–Trinajstić information content (AvgIpc) is 2.62. The lowest BCUT2D eigenvalue weighted by atomic mass is 9.99. The SMILES string of the molecule is CC[C@@H](C)c1ccc(S(=O)(=O)Nc2ccc(C)c(S(=O)(=O)N(C)C)c2)cc1. The first kappa shape index (κ1) is 21.4. The molecular formula is C19H26N2O4S2. The van der Waals surface area contributed by atoms with E-state index >= 15 is 0 Å². The van der Waals surface area contributed by atoms with Crippen LogP contribution in [0.3, 0.4) is 0 Å². The van der Waals surface area contributed by atoms with Crippen molar-refractivity contribution in [1.82, 2.24) is 4.31 Å². The van der Waals surface area contributed by atoms with Gasteiger partial charge >= 0.3 is 0 Å². The number of hydrogen-bond donors (Lipinski definition) is 1. The van der Waals surface area contributed by atoms with E-state index in [9.17, 15) is 16.8 Å². The summed E-state index contributed by atoms with van der Waals surface area (Å²) in [7, 11) is -4.62. The molecule has 0 radical (unpaired) electrons. The van der Waals surface area contributed by atoms with Gasteiger partial charge < -0.3 is 0 Å². The molecule has 0 fully saturated rings. The van der Waals surface area contributed by atoms with Crippen LogP contribution in [0.1, 0.15) is 37.3 Å². The first-order valence-electron chi connectivity index (χ1n) is 8.65. The molecule has 148 valence electrons. The Morgan fingerprint density at radius 1 is 1.00 bits per heavy atom. The molecule has 0 aromatic heterocycles. The highest BCUT2D eigenvalue weighted by Crippen LogP contribution is 2.25. The van der Waals surface area contributed by atoms with Crippen LogP contribution in [0.2, 0.25) is 0 Å². The molecule has 27 heavy (non-hydrogen) atoms. The third kappa shape index (κ3) is 4.69. The van der Waals surface area contributed by atoms with Crippen molar-refractivity contribution >= 4 is 25.7 Å². The van der Waals surface area contributed by atoms with Crippen molar-refractivity contribution in [2.75, 3.05) is 18.8 Å². The standard InChI is InChI=1S/C19H26N2O4S2/c1-6-14(2)16-8-11-18(12-9-16)26(22,23)20-17-10-7-15(3)19(13-17)27(24,25)21(4)5/h7-14,20H,6H2,1-5H3/t14-/m1/s1. The van der Waals surface area contributed by atoms with E-state index in [4.69, 9.17) is 0 Å². The highest BCUT2D eigenvalue weighted by atomic mass is 32.2. The quantitative estimate of drug-likeness (QED) is 0.756. The van der Waals surface area contributed by atoms with E-state index in [-0.39, 0.29) is 15.5 Å². The van der Waals surface area contributed by atoms with Gasteiger partial charge in [-0.05, 0) is 54.7 Å². The van der Waals surface area contributed by atoms with E-state index in [1.807, 2.05) is 0 Å². The van der Waals surface area contributed by atoms with Crippen molar-refractivity contribution < 1.29 is 16.8 Å². The molecule has 0 bridgehead atoms. The Morgan fingerprint density at radius 3 is 2.11 bits per heavy atom. The fourth-order valence-electron chi connectivity index (χ4n) is 2.56. The number of hydrogen-bond acceptors (Lipinski definition) is 4. The molecule has 0 saturated heterocycles. The van der Waals surface area contributed by atoms with E-state index in [1.54, 1.807) is 43.3 Å². The van der Waals surface area contributed by atoms with Crippen LogP contribution in [0.15, 0.2) is 52.3 Å². The van der Waals surface area contributed by atoms with Gasteiger partial charge in [0.2, 0.25) is 10.0 Å². The van der Waals surface area contributed by atoms with Crippen LogP contribution in [-0.2, 0) is 20.0 Å². The third-order valence-corrected chi connectivity index (χ3v) is 7.93. The van der Waals surface area contributed by atoms with Crippen LogP contribution >= 0.6 is 0 Å². The molecule has 8 heteroatoms. The van der Waals surface area contributed by atoms with Crippen molar-refractivity contribution in [3.05, 3.63) is 53.6 Å². The molecule has 0 heterocycles. The summed E-state index contributed by atoms with van der Waals surface area (Å²) in [5.41, 5.74) is 1.82. The van der Waals surface area contributed by atoms with Gasteiger partial charge in [-0.25, -0.2) is 21.1 Å². The molecule has 2 rings (SSSR count). The largest absolute Gasteiger partial charge is 0.280 e. The maximum absolute atomic E-state index is 12.7. The summed E-state index contributed by atoms with van der Waals surface area (Å²) in [6.07, 6.45) is 0.969. The summed E-state index contributed by atoms with van der Waals surface area (Å²) in [5.74, 6) is 0.352. The predicted octanol–water partition coefficient (Wildman–Crippen LogP) is 3.56. The van der Waals surface area contributed by atoms with Crippen molar-refractivity contribution in [3.63, 3.8) is 0 Å². The molecule has 0 aliphatic heterocycles. The van der Waals surface area contributed by atoms with Gasteiger partial charge in [0.05, 0.1) is 15.5 Å². The van der Waals surface area contributed by atoms with Crippen molar-refractivity contribution in [1.29, 1.82) is 0 Å². The van der Waals surface area contributed by atoms with Crippen LogP contribution in [0.5, 0.6) is 0 Å². The average molecular weight is 411 g/mol. The maximum atomic E-state index is 12.7. The summed E-state index contributed by atoms with van der Waals surface area (Å²) in [6.45, 7) is 5.83. The Morgan fingerprint density at radius 2 is 1.59 bits per heavy atom. The van der Waals surface area contributed by atoms with E-state index < -0.39 is 20.0 Å². The minimum Gasteiger partial charge on any atom is -0.280 e. The molecule has 2 aromatic rings. The molecule has 0 aliphatic carbocycles. The van der Waals surface area contributed by atoms with Crippen molar-refractivity contribution in [2.24, 2.45) is 0 Å². The normalized spacial score (nSPS) is 13.6. The lowest BCUT2D eigenvalue weighted by molar-refractivity contribution is 0.520. The van der Waals surface area contributed by atoms with Gasteiger partial charge in [0.15, 0.2) is 0 Å². The molecule has 0 saturated carbocycles. The lowest BCUT2D eigenvalue weighted by Crippen LogP contribution is -2.23. The van der Waals surface area contributed by atoms with Crippen LogP contribution in [0.4, 0.5) is 5.69 Å². The fourth-order valence-corrected chi connectivity index (χ4v) is 4.76. The Bertz CT molecular complexity index is 1010. The number of sulfonamides is 2. The zero-order chi connectivity index (χ0) is 20.4. The van der Waals surface area contributed by atoms with E-state index in [0.29, 0.717) is 11.5 Å². The number of rotatable bonds is 7. The minimum atomic E-state index is -3.82. The van der Waals surface area contributed by atoms with Crippen molar-refractivity contribution in [2.45, 2.75) is 42.9 Å². The second-order valence-corrected chi connectivity index (χ2v) is 10.6. The van der Waals surface area contributed by atoms with E-state index in [0.717, 1.165) is 16.3 Å². The van der Waals surface area contributed by atoms with Gasteiger partial charge in [-0.2, -0.15) is 0 Å². The number of anilines is 1. The third-order valence-electron chi connectivity index (χ3n) is 4.57. The monoisotopic (exact) mass is 410 g/mol. The summed E-state index contributed by atoms with van der Waals surface area (Å²) < 4.78 is 53.7. The Hall–Kier alpha value is -1.90. The lowest BCUT2D eigenvalue weighted by Gasteiger charge is -2.16. The molecule has 0 aliphatic rings. The Balaban J connectivity index is 2.36. The summed E-state index contributed by atoms with van der Waals surface area (Å²) >= 11 is 0. The minimum absolute atomic E-state index is 0.0693. The van der Waals surface area contributed by atoms with Gasteiger partial charge in [0, 0.05) is 14.1 Å². The van der Waals surface area contributed by atoms with Gasteiger partial charge in [-0.15, -0.1) is 0 Å². The van der Waals surface area contributed by atoms with Crippen LogP contribution in [-0.4, -0.2) is 35.2 Å². The topological polar surface area (TPSA) is 83.5 Å². The molecule has 1 N–H and O–H groups in total. The van der Waals surface area contributed by atoms with Gasteiger partial charge in [-0.3, -0.25) is 4.72 Å². The summed E-state index contributed by atoms with van der Waals surface area (Å²) in [5, 5.41) is 0. The molecular weight excluding hydrogens is 384 g/mol. The number of aryl methyl sites for hydroxylation is 1. The van der Waals surface area contributed by atoms with Crippen molar-refractivity contribution in [3.8, 4) is 0 Å². The second-order valence-electron chi connectivity index (χ2n) is 6.75. The second kappa shape index (κ2) is 8.00. The Kier molecular flexibility index (Phi) is 6.34. The van der Waals surface area contributed by atoms with Gasteiger partial charge in [0.1, 0.15) is 0 Å². The maximum Gasteiger partial charge on any atom is 0.261 e. The zero-order valence-electron chi connectivity index (χ0n) is 16.2. The fraction of sp³-hybridized carbons (Fsp3) is 0.368. The first-order chi connectivity index (χ1) is 12.5. The number of nitrogens with zero attached hydrogens (tertiary/aromatic N) is 1. The van der Waals surface area contributed by atoms with Crippen LogP contribution in [0, 0.1) is 6.92 Å². The van der Waals surface area contributed by atoms with E-state index in [2.05, 4.69) is 18.6 Å². The summed E-state index contributed by atoms with van der Waals surface area (Å²) in [6, 6.07) is 11.2. The van der Waals surface area contributed by atoms with Gasteiger partial charge in [0.25, 0.3) is 10.0 Å². The highest BCUT2D eigenvalue weighted by Gasteiger charge is 2.22. The van der Waals surface area contributed by atoms with E-state index in [1.165, 1.54) is 20.2 Å². The molecule has 0 spiro atoms. The highest BCUT2D eigenvalue weighted by molar-refractivity contribution is 7.92. The van der Waals surface area contributed by atoms with Crippen LogP contribution in [0.25, 0.3) is 0 Å². The molecule has 2 aromatic carbocycles. The Labute approximate surface area is 162 Å². The molecule has 1 atom stereocenters. The summed E-state index contributed by atoms with van der Waals surface area (Å²) in [4.78, 5) is 0.201. The van der Waals surface area contributed by atoms with Crippen LogP contribution < -0.4 is 4.72 Å². The number of benzene rings is 2. The molecule has 6 nitrogen and oxygen atoms in total. The van der Waals surface area contributed by atoms with Gasteiger partial charge in [-0.1, -0.05) is 32.0 Å². The first-order valence-corrected chi connectivity index (χ1v) is 11.6. The zero-order valence-corrected chi connectivity index (χ0v) is 17.9. The number of nitrogens with one attached hydrogen (secondary N) is 1. The molecule has 0 unspecified atom stereocenters. The predicted molar refractivity (Wildman–Crippen MR) is 108 cm³/mol.